The van der Waals surface area contributed by atoms with E-state index in [1.807, 2.05) is 38.1 Å². The first kappa shape index (κ1) is 16.0. The van der Waals surface area contributed by atoms with Gasteiger partial charge in [-0.1, -0.05) is 29.8 Å². The standard InChI is InChI=1S/C16H21NO3/c1-5-20-15(19)10-11-16(4,17-13(3)18)14-8-6-12(2)7-9-14/h6-11H,5H2,1-4H3,(H,17,18)/b11-10+. The lowest BCUT2D eigenvalue weighted by Crippen LogP contribution is -2.40. The van der Waals surface area contributed by atoms with Crippen LogP contribution in [0.2, 0.25) is 0 Å². The Bertz CT molecular complexity index is 505. The van der Waals surface area contributed by atoms with Crippen molar-refractivity contribution in [1.29, 1.82) is 0 Å². The molecule has 0 fully saturated rings. The minimum Gasteiger partial charge on any atom is -0.463 e. The number of nitrogens with one attached hydrogen (secondary N) is 1. The van der Waals surface area contributed by atoms with E-state index in [1.54, 1.807) is 13.0 Å². The van der Waals surface area contributed by atoms with Crippen molar-refractivity contribution >= 4 is 11.9 Å². The maximum absolute atomic E-state index is 11.4. The quantitative estimate of drug-likeness (QED) is 0.663. The van der Waals surface area contributed by atoms with Crippen molar-refractivity contribution in [3.8, 4) is 0 Å². The van der Waals surface area contributed by atoms with Crippen molar-refractivity contribution < 1.29 is 14.3 Å². The summed E-state index contributed by atoms with van der Waals surface area (Å²) in [4.78, 5) is 22.8. The van der Waals surface area contributed by atoms with Gasteiger partial charge in [-0.3, -0.25) is 4.79 Å². The van der Waals surface area contributed by atoms with Crippen LogP contribution in [0.4, 0.5) is 0 Å². The predicted molar refractivity (Wildman–Crippen MR) is 78.1 cm³/mol. The Balaban J connectivity index is 3.05. The van der Waals surface area contributed by atoms with Gasteiger partial charge in [-0.05, 0) is 32.4 Å². The molecule has 0 saturated carbocycles. The highest BCUT2D eigenvalue weighted by molar-refractivity contribution is 5.82. The van der Waals surface area contributed by atoms with Crippen molar-refractivity contribution in [1.82, 2.24) is 5.32 Å². The first-order chi connectivity index (χ1) is 9.37. The van der Waals surface area contributed by atoms with Crippen molar-refractivity contribution in [2.75, 3.05) is 6.61 Å². The number of amides is 1. The normalized spacial score (nSPS) is 13.8. The number of benzene rings is 1. The molecule has 0 aliphatic rings. The SMILES string of the molecule is CCOC(=O)/C=C/C(C)(NC(C)=O)c1ccc(C)cc1. The van der Waals surface area contributed by atoms with Crippen LogP contribution in [0.15, 0.2) is 36.4 Å². The van der Waals surface area contributed by atoms with Gasteiger partial charge in [0.25, 0.3) is 0 Å². The van der Waals surface area contributed by atoms with Crippen LogP contribution in [0.25, 0.3) is 0 Å². The molecule has 4 nitrogen and oxygen atoms in total. The number of aryl methyl sites for hydroxylation is 1. The Labute approximate surface area is 119 Å². The topological polar surface area (TPSA) is 55.4 Å². The first-order valence-electron chi connectivity index (χ1n) is 6.59. The second-order valence-electron chi connectivity index (χ2n) is 4.83. The number of hydrogen-bond donors (Lipinski definition) is 1. The fraction of sp³-hybridized carbons (Fsp3) is 0.375. The van der Waals surface area contributed by atoms with Crippen LogP contribution < -0.4 is 5.32 Å². The Morgan fingerprint density at radius 2 is 1.90 bits per heavy atom. The number of carbonyl (C=O) groups excluding carboxylic acids is 2. The highest BCUT2D eigenvalue weighted by atomic mass is 16.5. The molecule has 1 N–H and O–H groups in total. The Hall–Kier alpha value is -2.10. The molecule has 20 heavy (non-hydrogen) atoms. The second kappa shape index (κ2) is 6.89. The average molecular weight is 275 g/mol. The smallest absolute Gasteiger partial charge is 0.330 e. The molecule has 0 aromatic heterocycles. The molecule has 1 aromatic carbocycles. The summed E-state index contributed by atoms with van der Waals surface area (Å²) in [5.74, 6) is -0.585. The van der Waals surface area contributed by atoms with E-state index >= 15 is 0 Å². The Morgan fingerprint density at radius 1 is 1.30 bits per heavy atom. The molecule has 108 valence electrons. The van der Waals surface area contributed by atoms with Crippen LogP contribution in [0.1, 0.15) is 31.9 Å². The summed E-state index contributed by atoms with van der Waals surface area (Å²) in [6.07, 6.45) is 3.00. The molecule has 0 spiro atoms. The Kier molecular flexibility index (Phi) is 5.50. The molecule has 4 heteroatoms. The zero-order valence-corrected chi connectivity index (χ0v) is 12.4. The van der Waals surface area contributed by atoms with Crippen molar-refractivity contribution in [3.63, 3.8) is 0 Å². The van der Waals surface area contributed by atoms with Crippen LogP contribution in [-0.4, -0.2) is 18.5 Å². The van der Waals surface area contributed by atoms with Crippen molar-refractivity contribution in [2.45, 2.75) is 33.2 Å². The summed E-state index contributed by atoms with van der Waals surface area (Å²) < 4.78 is 4.86. The molecule has 1 aromatic rings. The Morgan fingerprint density at radius 3 is 2.40 bits per heavy atom. The lowest BCUT2D eigenvalue weighted by molar-refractivity contribution is -0.137. The highest BCUT2D eigenvalue weighted by Gasteiger charge is 2.24. The van der Waals surface area contributed by atoms with Crippen LogP contribution in [0.5, 0.6) is 0 Å². The van der Waals surface area contributed by atoms with E-state index in [0.717, 1.165) is 11.1 Å². The largest absolute Gasteiger partial charge is 0.463 e. The number of ether oxygens (including phenoxy) is 1. The summed E-state index contributed by atoms with van der Waals surface area (Å²) in [6, 6.07) is 7.79. The van der Waals surface area contributed by atoms with Crippen LogP contribution in [0, 0.1) is 6.92 Å². The van der Waals surface area contributed by atoms with Gasteiger partial charge >= 0.3 is 5.97 Å². The zero-order chi connectivity index (χ0) is 15.2. The lowest BCUT2D eigenvalue weighted by Gasteiger charge is -2.27. The van der Waals surface area contributed by atoms with Crippen molar-refractivity contribution in [3.05, 3.63) is 47.5 Å². The monoisotopic (exact) mass is 275 g/mol. The molecule has 1 unspecified atom stereocenters. The van der Waals surface area contributed by atoms with Gasteiger partial charge in [-0.25, -0.2) is 4.79 Å². The number of rotatable bonds is 5. The van der Waals surface area contributed by atoms with Gasteiger partial charge in [-0.15, -0.1) is 0 Å². The molecule has 0 heterocycles. The third-order valence-corrected chi connectivity index (χ3v) is 2.93. The van der Waals surface area contributed by atoms with E-state index in [0.29, 0.717) is 6.61 Å². The van der Waals surface area contributed by atoms with Gasteiger partial charge in [0, 0.05) is 13.0 Å². The van der Waals surface area contributed by atoms with E-state index in [9.17, 15) is 9.59 Å². The molecule has 0 radical (unpaired) electrons. The lowest BCUT2D eigenvalue weighted by atomic mass is 9.90. The molecular weight excluding hydrogens is 254 g/mol. The van der Waals surface area contributed by atoms with Crippen LogP contribution in [0.3, 0.4) is 0 Å². The fourth-order valence-electron chi connectivity index (χ4n) is 1.90. The minimum atomic E-state index is -0.744. The summed E-state index contributed by atoms with van der Waals surface area (Å²) in [7, 11) is 0. The fourth-order valence-corrected chi connectivity index (χ4v) is 1.90. The first-order valence-corrected chi connectivity index (χ1v) is 6.59. The molecule has 0 aliphatic carbocycles. The number of hydrogen-bond acceptors (Lipinski definition) is 3. The van der Waals surface area contributed by atoms with Gasteiger partial charge < -0.3 is 10.1 Å². The van der Waals surface area contributed by atoms with Crippen LogP contribution in [-0.2, 0) is 19.9 Å². The molecule has 0 saturated heterocycles. The van der Waals surface area contributed by atoms with Gasteiger partial charge in [0.15, 0.2) is 0 Å². The van der Waals surface area contributed by atoms with E-state index in [-0.39, 0.29) is 5.91 Å². The second-order valence-corrected chi connectivity index (χ2v) is 4.83. The third kappa shape index (κ3) is 4.53. The van der Waals surface area contributed by atoms with Gasteiger partial charge in [0.1, 0.15) is 0 Å². The molecule has 1 atom stereocenters. The summed E-state index contributed by atoms with van der Waals surface area (Å²) in [5.41, 5.74) is 1.29. The molecule has 1 rings (SSSR count). The minimum absolute atomic E-state index is 0.165. The summed E-state index contributed by atoms with van der Waals surface area (Å²) in [6.45, 7) is 7.36. The zero-order valence-electron chi connectivity index (χ0n) is 12.4. The number of esters is 1. The molecular formula is C16H21NO3. The maximum Gasteiger partial charge on any atom is 0.330 e. The van der Waals surface area contributed by atoms with E-state index < -0.39 is 11.5 Å². The number of carbonyl (C=O) groups is 2. The third-order valence-electron chi connectivity index (χ3n) is 2.93. The average Bonchev–Trinajstić information content (AvgIpc) is 2.37. The van der Waals surface area contributed by atoms with Gasteiger partial charge in [0.2, 0.25) is 5.91 Å². The van der Waals surface area contributed by atoms with Gasteiger partial charge in [-0.2, -0.15) is 0 Å². The molecule has 0 bridgehead atoms. The van der Waals surface area contributed by atoms with Crippen LogP contribution >= 0.6 is 0 Å². The predicted octanol–water partition coefficient (Wildman–Crippen LogP) is 2.47. The summed E-state index contributed by atoms with van der Waals surface area (Å²) in [5, 5.41) is 2.86. The van der Waals surface area contributed by atoms with Gasteiger partial charge in [0.05, 0.1) is 12.1 Å². The molecule has 1 amide bonds. The summed E-state index contributed by atoms with van der Waals surface area (Å²) >= 11 is 0. The van der Waals surface area contributed by atoms with E-state index in [2.05, 4.69) is 5.32 Å². The highest BCUT2D eigenvalue weighted by Crippen LogP contribution is 2.23. The van der Waals surface area contributed by atoms with Crippen molar-refractivity contribution in [2.24, 2.45) is 0 Å². The maximum atomic E-state index is 11.4. The van der Waals surface area contributed by atoms with E-state index in [4.69, 9.17) is 4.74 Å². The van der Waals surface area contributed by atoms with E-state index in [1.165, 1.54) is 13.0 Å². The molecule has 0 aliphatic heterocycles.